The molecule has 3 rings (SSSR count). The van der Waals surface area contributed by atoms with Gasteiger partial charge in [-0.15, -0.1) is 11.3 Å². The van der Waals surface area contributed by atoms with E-state index in [0.29, 0.717) is 24.7 Å². The van der Waals surface area contributed by atoms with E-state index in [4.69, 9.17) is 16.3 Å². The zero-order valence-electron chi connectivity index (χ0n) is 15.4. The maximum atomic E-state index is 12.6. The van der Waals surface area contributed by atoms with Gasteiger partial charge in [0.1, 0.15) is 14.9 Å². The Morgan fingerprint density at radius 3 is 2.62 bits per heavy atom. The molecule has 9 heteroatoms. The minimum Gasteiger partial charge on any atom is -0.618 e. The van der Waals surface area contributed by atoms with Crippen molar-refractivity contribution in [2.45, 2.75) is 11.9 Å². The van der Waals surface area contributed by atoms with Gasteiger partial charge in [0.2, 0.25) is 5.91 Å². The molecule has 3 aromatic rings. The second-order valence-corrected chi connectivity index (χ2v) is 8.36. The fraction of sp³-hybridized carbons (Fsp3) is 0.150. The van der Waals surface area contributed by atoms with Gasteiger partial charge in [-0.05, 0) is 30.3 Å². The molecular formula is C20H17ClN2O4S2. The zero-order valence-corrected chi connectivity index (χ0v) is 17.8. The summed E-state index contributed by atoms with van der Waals surface area (Å²) in [4.78, 5) is 25.1. The molecule has 0 aliphatic rings. The Labute approximate surface area is 181 Å². The average Bonchev–Trinajstić information content (AvgIpc) is 3.04. The maximum Gasteiger partial charge on any atom is 0.341 e. The number of amides is 1. The van der Waals surface area contributed by atoms with Crippen molar-refractivity contribution in [2.24, 2.45) is 0 Å². The molecule has 6 nitrogen and oxygen atoms in total. The highest BCUT2D eigenvalue weighted by molar-refractivity contribution is 7.99. The van der Waals surface area contributed by atoms with Gasteiger partial charge < -0.3 is 15.3 Å². The number of carbonyl (C=O) groups excluding carboxylic acids is 2. The summed E-state index contributed by atoms with van der Waals surface area (Å²) < 4.78 is 6.25. The van der Waals surface area contributed by atoms with E-state index in [2.05, 4.69) is 5.32 Å². The van der Waals surface area contributed by atoms with E-state index in [0.717, 1.165) is 28.7 Å². The van der Waals surface area contributed by atoms with E-state index in [-0.39, 0.29) is 23.8 Å². The number of thioether (sulfide) groups is 1. The van der Waals surface area contributed by atoms with Gasteiger partial charge >= 0.3 is 5.97 Å². The maximum absolute atomic E-state index is 12.6. The minimum atomic E-state index is -0.557. The van der Waals surface area contributed by atoms with Crippen molar-refractivity contribution < 1.29 is 19.1 Å². The second-order valence-electron chi connectivity index (χ2n) is 5.74. The van der Waals surface area contributed by atoms with E-state index < -0.39 is 5.97 Å². The van der Waals surface area contributed by atoms with Gasteiger partial charge in [0.05, 0.1) is 12.4 Å². The monoisotopic (exact) mass is 448 g/mol. The number of nitrogens with one attached hydrogen (secondary N) is 1. The molecule has 0 fully saturated rings. The fourth-order valence-corrected chi connectivity index (χ4v) is 4.68. The lowest BCUT2D eigenvalue weighted by Gasteiger charge is -2.09. The first-order valence-electron chi connectivity index (χ1n) is 8.67. The lowest BCUT2D eigenvalue weighted by atomic mass is 10.0. The van der Waals surface area contributed by atoms with Crippen LogP contribution in [-0.2, 0) is 9.53 Å². The molecule has 2 aromatic heterocycles. The topological polar surface area (TPSA) is 82.3 Å². The van der Waals surface area contributed by atoms with Crippen molar-refractivity contribution in [1.82, 2.24) is 0 Å². The third kappa shape index (κ3) is 5.09. The third-order valence-corrected chi connectivity index (χ3v) is 6.13. The van der Waals surface area contributed by atoms with Gasteiger partial charge in [-0.2, -0.15) is 4.73 Å². The number of nitrogens with zero attached hydrogens (tertiary/aromatic N) is 1. The lowest BCUT2D eigenvalue weighted by Crippen LogP contribution is -2.28. The molecule has 0 aliphatic carbocycles. The van der Waals surface area contributed by atoms with Crippen molar-refractivity contribution >= 4 is 51.6 Å². The summed E-state index contributed by atoms with van der Waals surface area (Å²) in [5.74, 6) is -0.912. The minimum absolute atomic E-state index is 0.00467. The Balaban J connectivity index is 1.85. The highest BCUT2D eigenvalue weighted by atomic mass is 35.5. The Hall–Kier alpha value is -2.55. The first kappa shape index (κ1) is 21.2. The van der Waals surface area contributed by atoms with Crippen molar-refractivity contribution in [1.29, 1.82) is 0 Å². The Morgan fingerprint density at radius 2 is 1.93 bits per heavy atom. The van der Waals surface area contributed by atoms with Crippen LogP contribution in [0.3, 0.4) is 0 Å². The predicted octanol–water partition coefficient (Wildman–Crippen LogP) is 4.61. The molecule has 0 saturated carbocycles. The molecule has 1 N–H and O–H groups in total. The Morgan fingerprint density at radius 1 is 1.21 bits per heavy atom. The van der Waals surface area contributed by atoms with E-state index in [1.54, 1.807) is 25.1 Å². The van der Waals surface area contributed by atoms with Gasteiger partial charge in [0.15, 0.2) is 6.20 Å². The number of ether oxygens (including phenoxy) is 1. The number of benzene rings is 1. The number of anilines is 1. The van der Waals surface area contributed by atoms with Crippen LogP contribution < -0.4 is 10.0 Å². The molecule has 0 atom stereocenters. The lowest BCUT2D eigenvalue weighted by molar-refractivity contribution is -0.645. The van der Waals surface area contributed by atoms with Gasteiger partial charge in [0, 0.05) is 17.7 Å². The quantitative estimate of drug-likeness (QED) is 0.247. The highest BCUT2D eigenvalue weighted by Gasteiger charge is 2.26. The highest BCUT2D eigenvalue weighted by Crippen LogP contribution is 2.44. The summed E-state index contributed by atoms with van der Waals surface area (Å²) in [6, 6.07) is 14.2. The van der Waals surface area contributed by atoms with E-state index >= 15 is 0 Å². The number of esters is 1. The summed E-state index contributed by atoms with van der Waals surface area (Å²) in [6.07, 6.45) is 1.37. The van der Waals surface area contributed by atoms with Crippen LogP contribution in [0.25, 0.3) is 11.1 Å². The molecule has 0 radical (unpaired) electrons. The Bertz CT molecular complexity index is 1020. The molecule has 0 saturated heterocycles. The van der Waals surface area contributed by atoms with Gasteiger partial charge in [-0.3, -0.25) is 4.79 Å². The summed E-state index contributed by atoms with van der Waals surface area (Å²) >= 11 is 8.62. The number of hydrogen-bond donors (Lipinski definition) is 1. The van der Waals surface area contributed by atoms with Crippen molar-refractivity contribution in [3.63, 3.8) is 0 Å². The summed E-state index contributed by atoms with van der Waals surface area (Å²) in [5, 5.41) is 15.2. The number of rotatable bonds is 7. The number of aromatic nitrogens is 1. The molecule has 1 amide bonds. The third-order valence-electron chi connectivity index (χ3n) is 3.80. The van der Waals surface area contributed by atoms with Crippen molar-refractivity contribution in [2.75, 3.05) is 17.7 Å². The van der Waals surface area contributed by atoms with E-state index in [1.165, 1.54) is 6.20 Å². The molecule has 0 spiro atoms. The molecule has 29 heavy (non-hydrogen) atoms. The normalized spacial score (nSPS) is 10.6. The van der Waals surface area contributed by atoms with Crippen LogP contribution in [-0.4, -0.2) is 24.2 Å². The molecular weight excluding hydrogens is 432 g/mol. The Kier molecular flexibility index (Phi) is 7.13. The second kappa shape index (κ2) is 9.78. The van der Waals surface area contributed by atoms with Crippen molar-refractivity contribution in [3.8, 4) is 11.1 Å². The van der Waals surface area contributed by atoms with Crippen LogP contribution in [0, 0.1) is 5.21 Å². The fourth-order valence-electron chi connectivity index (χ4n) is 2.58. The smallest absolute Gasteiger partial charge is 0.341 e. The molecule has 0 unspecified atom stereocenters. The standard InChI is InChI=1S/C20H17ClN2O4S2/c1-2-27-20(25)17-16(13-8-4-3-5-9-13)18(21)29-19(17)22-14(24)12-28-15-10-6-7-11-23(15)26/h3-11H,2,12H2,1H3,(H,22,24). The summed E-state index contributed by atoms with van der Waals surface area (Å²) in [5.41, 5.74) is 1.51. The van der Waals surface area contributed by atoms with Crippen LogP contribution in [0.4, 0.5) is 5.00 Å². The van der Waals surface area contributed by atoms with Crippen molar-refractivity contribution in [3.05, 3.63) is 69.8 Å². The number of pyridine rings is 1. The molecule has 2 heterocycles. The zero-order chi connectivity index (χ0) is 20.8. The van der Waals surface area contributed by atoms with E-state index in [1.807, 2.05) is 30.3 Å². The summed E-state index contributed by atoms with van der Waals surface area (Å²) in [6.45, 7) is 1.91. The van der Waals surface area contributed by atoms with Crippen LogP contribution >= 0.6 is 34.7 Å². The first-order valence-corrected chi connectivity index (χ1v) is 10.8. The van der Waals surface area contributed by atoms with Gasteiger partial charge in [-0.1, -0.05) is 41.9 Å². The molecule has 150 valence electrons. The van der Waals surface area contributed by atoms with Gasteiger partial charge in [-0.25, -0.2) is 4.79 Å². The average molecular weight is 449 g/mol. The van der Waals surface area contributed by atoms with Crippen LogP contribution in [0.15, 0.2) is 59.8 Å². The summed E-state index contributed by atoms with van der Waals surface area (Å²) in [7, 11) is 0. The number of thiophene rings is 1. The largest absolute Gasteiger partial charge is 0.618 e. The SMILES string of the molecule is CCOC(=O)c1c(NC(=O)CSc2cccc[n+]2[O-])sc(Cl)c1-c1ccccc1. The number of hydrogen-bond acceptors (Lipinski definition) is 6. The van der Waals surface area contributed by atoms with Gasteiger partial charge in [0.25, 0.3) is 5.03 Å². The van der Waals surface area contributed by atoms with Crippen LogP contribution in [0.1, 0.15) is 17.3 Å². The molecule has 1 aromatic carbocycles. The van der Waals surface area contributed by atoms with Crippen LogP contribution in [0.5, 0.6) is 0 Å². The van der Waals surface area contributed by atoms with E-state index in [9.17, 15) is 14.8 Å². The molecule has 0 bridgehead atoms. The number of carbonyl (C=O) groups is 2. The molecule has 0 aliphatic heterocycles. The first-order chi connectivity index (χ1) is 14.0. The van der Waals surface area contributed by atoms with Crippen LogP contribution in [0.2, 0.25) is 4.34 Å². The number of halogens is 1. The predicted molar refractivity (Wildman–Crippen MR) is 115 cm³/mol.